The zero-order chi connectivity index (χ0) is 19.1. The number of nitrogens with zero attached hydrogens (tertiary/aromatic N) is 1. The van der Waals surface area contributed by atoms with Gasteiger partial charge < -0.3 is 16.2 Å². The van der Waals surface area contributed by atoms with Crippen LogP contribution >= 0.6 is 0 Å². The minimum atomic E-state index is -0.281. The highest BCUT2D eigenvalue weighted by Gasteiger charge is 2.16. The van der Waals surface area contributed by atoms with Crippen LogP contribution in [0.4, 0.5) is 0 Å². The van der Waals surface area contributed by atoms with Gasteiger partial charge in [0.05, 0.1) is 6.10 Å². The largest absolute Gasteiger partial charge is 0.393 e. The number of nitrogens with one attached hydrogen (secondary N) is 1. The van der Waals surface area contributed by atoms with E-state index >= 15 is 0 Å². The molecule has 0 saturated carbocycles. The lowest BCUT2D eigenvalue weighted by molar-refractivity contribution is -0.121. The topological polar surface area (TPSA) is 78.6 Å². The van der Waals surface area contributed by atoms with Gasteiger partial charge in [-0.3, -0.25) is 9.69 Å². The molecule has 0 radical (unpaired) electrons. The number of hydrogen-bond acceptors (Lipinski definition) is 4. The molecule has 144 valence electrons. The summed E-state index contributed by atoms with van der Waals surface area (Å²) in [6.45, 7) is 3.31. The number of hydrogen-bond donors (Lipinski definition) is 3. The lowest BCUT2D eigenvalue weighted by Crippen LogP contribution is -2.35. The number of aliphatic hydroxyl groups is 1. The first-order valence-corrected chi connectivity index (χ1v) is 9.65. The van der Waals surface area contributed by atoms with Gasteiger partial charge in [0.15, 0.2) is 0 Å². The maximum Gasteiger partial charge on any atom is 0.222 e. The fourth-order valence-corrected chi connectivity index (χ4v) is 3.39. The van der Waals surface area contributed by atoms with Crippen LogP contribution in [0.2, 0.25) is 0 Å². The van der Waals surface area contributed by atoms with Crippen molar-refractivity contribution < 1.29 is 9.90 Å². The highest BCUT2D eigenvalue weighted by Crippen LogP contribution is 2.15. The number of carbonyl (C=O) groups excluding carboxylic acids is 1. The Hall–Kier alpha value is -2.21. The third kappa shape index (κ3) is 6.17. The van der Waals surface area contributed by atoms with Crippen LogP contribution in [0.25, 0.3) is 0 Å². The number of rotatable bonds is 7. The molecule has 1 amide bonds. The first-order valence-electron chi connectivity index (χ1n) is 9.65. The van der Waals surface area contributed by atoms with E-state index in [4.69, 9.17) is 5.73 Å². The molecule has 1 aliphatic heterocycles. The molecule has 4 N–H and O–H groups in total. The molecule has 1 aliphatic rings. The van der Waals surface area contributed by atoms with Gasteiger partial charge in [-0.05, 0) is 29.5 Å². The Morgan fingerprint density at radius 2 is 1.70 bits per heavy atom. The summed E-state index contributed by atoms with van der Waals surface area (Å²) in [5.41, 5.74) is 9.41. The van der Waals surface area contributed by atoms with Gasteiger partial charge in [0.25, 0.3) is 0 Å². The maximum absolute atomic E-state index is 12.1. The zero-order valence-electron chi connectivity index (χ0n) is 15.7. The smallest absolute Gasteiger partial charge is 0.222 e. The Kier molecular flexibility index (Phi) is 6.98. The maximum atomic E-state index is 12.1. The third-order valence-electron chi connectivity index (χ3n) is 5.11. The summed E-state index contributed by atoms with van der Waals surface area (Å²) < 4.78 is 0. The number of amides is 1. The van der Waals surface area contributed by atoms with Crippen molar-refractivity contribution in [1.82, 2.24) is 10.2 Å². The SMILES string of the molecule is NC(CC(=O)NCc1ccc(CN2CCC(O)CC2)cc1)c1ccccc1. The monoisotopic (exact) mass is 367 g/mol. The summed E-state index contributed by atoms with van der Waals surface area (Å²) in [5.74, 6) is -0.0395. The molecular formula is C22H29N3O2. The predicted molar refractivity (Wildman–Crippen MR) is 107 cm³/mol. The molecule has 5 heteroatoms. The van der Waals surface area contributed by atoms with E-state index in [1.807, 2.05) is 30.3 Å². The van der Waals surface area contributed by atoms with Gasteiger partial charge in [-0.1, -0.05) is 54.6 Å². The highest BCUT2D eigenvalue weighted by molar-refractivity contribution is 5.76. The summed E-state index contributed by atoms with van der Waals surface area (Å²) in [5, 5.41) is 12.5. The fraction of sp³-hybridized carbons (Fsp3) is 0.409. The van der Waals surface area contributed by atoms with Crippen LogP contribution in [0.3, 0.4) is 0 Å². The van der Waals surface area contributed by atoms with Crippen molar-refractivity contribution >= 4 is 5.91 Å². The van der Waals surface area contributed by atoms with Crippen molar-refractivity contribution in [1.29, 1.82) is 0 Å². The Bertz CT molecular complexity index is 710. The van der Waals surface area contributed by atoms with Crippen molar-refractivity contribution in [3.8, 4) is 0 Å². The van der Waals surface area contributed by atoms with Gasteiger partial charge in [-0.2, -0.15) is 0 Å². The van der Waals surface area contributed by atoms with Crippen molar-refractivity contribution in [3.63, 3.8) is 0 Å². The molecule has 0 aliphatic carbocycles. The number of benzene rings is 2. The molecule has 1 saturated heterocycles. The summed E-state index contributed by atoms with van der Waals surface area (Å²) in [6.07, 6.45) is 1.86. The molecule has 0 bridgehead atoms. The van der Waals surface area contributed by atoms with Crippen LogP contribution < -0.4 is 11.1 Å². The third-order valence-corrected chi connectivity index (χ3v) is 5.11. The number of carbonyl (C=O) groups is 1. The fourth-order valence-electron chi connectivity index (χ4n) is 3.39. The lowest BCUT2D eigenvalue weighted by atomic mass is 10.0. The first kappa shape index (κ1) is 19.5. The first-order chi connectivity index (χ1) is 13.1. The van der Waals surface area contributed by atoms with Crippen LogP contribution in [-0.2, 0) is 17.9 Å². The van der Waals surface area contributed by atoms with Crippen LogP contribution in [0, 0.1) is 0 Å². The second-order valence-corrected chi connectivity index (χ2v) is 7.32. The van der Waals surface area contributed by atoms with Crippen LogP contribution in [0.15, 0.2) is 54.6 Å². The molecule has 27 heavy (non-hydrogen) atoms. The summed E-state index contributed by atoms with van der Waals surface area (Å²) in [7, 11) is 0. The normalized spacial score (nSPS) is 16.8. The molecule has 1 fully saturated rings. The van der Waals surface area contributed by atoms with E-state index in [9.17, 15) is 9.90 Å². The van der Waals surface area contributed by atoms with E-state index in [1.165, 1.54) is 5.56 Å². The van der Waals surface area contributed by atoms with Crippen LogP contribution in [-0.4, -0.2) is 35.1 Å². The van der Waals surface area contributed by atoms with Gasteiger partial charge in [0, 0.05) is 38.6 Å². The summed E-state index contributed by atoms with van der Waals surface area (Å²) in [4.78, 5) is 14.5. The quantitative estimate of drug-likeness (QED) is 0.702. The molecule has 3 rings (SSSR count). The molecule has 2 aromatic rings. The molecule has 1 atom stereocenters. The average molecular weight is 367 g/mol. The van der Waals surface area contributed by atoms with Crippen molar-refractivity contribution in [3.05, 3.63) is 71.3 Å². The van der Waals surface area contributed by atoms with E-state index in [1.54, 1.807) is 0 Å². The second kappa shape index (κ2) is 9.65. The summed E-state index contributed by atoms with van der Waals surface area (Å²) in [6, 6.07) is 17.8. The van der Waals surface area contributed by atoms with Gasteiger partial charge in [-0.15, -0.1) is 0 Å². The van der Waals surface area contributed by atoms with Gasteiger partial charge in [0.2, 0.25) is 5.91 Å². The molecule has 0 spiro atoms. The predicted octanol–water partition coefficient (Wildman–Crippen LogP) is 2.35. The average Bonchev–Trinajstić information content (AvgIpc) is 2.70. The minimum Gasteiger partial charge on any atom is -0.393 e. The minimum absolute atomic E-state index is 0.0395. The number of aliphatic hydroxyl groups excluding tert-OH is 1. The van der Waals surface area contributed by atoms with E-state index in [-0.39, 0.29) is 24.5 Å². The van der Waals surface area contributed by atoms with E-state index < -0.39 is 0 Å². The highest BCUT2D eigenvalue weighted by atomic mass is 16.3. The number of piperidine rings is 1. The molecule has 0 aromatic heterocycles. The van der Waals surface area contributed by atoms with Crippen LogP contribution in [0.5, 0.6) is 0 Å². The standard InChI is InChI=1S/C22H29N3O2/c23-21(19-4-2-1-3-5-19)14-22(27)24-15-17-6-8-18(9-7-17)16-25-12-10-20(26)11-13-25/h1-9,20-21,26H,10-16,23H2,(H,24,27). The van der Waals surface area contributed by atoms with E-state index in [2.05, 4.69) is 34.5 Å². The Balaban J connectivity index is 1.42. The number of likely N-dealkylation sites (tertiary alicyclic amines) is 1. The van der Waals surface area contributed by atoms with Gasteiger partial charge in [-0.25, -0.2) is 0 Å². The van der Waals surface area contributed by atoms with Gasteiger partial charge in [0.1, 0.15) is 0 Å². The van der Waals surface area contributed by atoms with Crippen LogP contribution in [0.1, 0.15) is 42.0 Å². The van der Waals surface area contributed by atoms with Gasteiger partial charge >= 0.3 is 0 Å². The second-order valence-electron chi connectivity index (χ2n) is 7.32. The van der Waals surface area contributed by atoms with Crippen molar-refractivity contribution in [2.45, 2.75) is 44.5 Å². The molecule has 2 aromatic carbocycles. The molecule has 1 heterocycles. The lowest BCUT2D eigenvalue weighted by Gasteiger charge is -2.29. The summed E-state index contributed by atoms with van der Waals surface area (Å²) >= 11 is 0. The van der Waals surface area contributed by atoms with E-state index in [0.717, 1.165) is 43.6 Å². The molecule has 1 unspecified atom stereocenters. The molecule has 5 nitrogen and oxygen atoms in total. The number of nitrogens with two attached hydrogens (primary N) is 1. The van der Waals surface area contributed by atoms with Crippen molar-refractivity contribution in [2.75, 3.05) is 13.1 Å². The molecular weight excluding hydrogens is 338 g/mol. The Morgan fingerprint density at radius 3 is 2.37 bits per heavy atom. The Morgan fingerprint density at radius 1 is 1.07 bits per heavy atom. The van der Waals surface area contributed by atoms with E-state index in [0.29, 0.717) is 6.54 Å². The van der Waals surface area contributed by atoms with Crippen molar-refractivity contribution in [2.24, 2.45) is 5.73 Å². The Labute approximate surface area is 161 Å². The zero-order valence-corrected chi connectivity index (χ0v) is 15.7.